The molecule has 6 nitrogen and oxygen atoms in total. The number of ketones is 1. The van der Waals surface area contributed by atoms with Crippen LogP contribution in [0, 0.1) is 13.8 Å². The zero-order valence-corrected chi connectivity index (χ0v) is 24.7. The van der Waals surface area contributed by atoms with Gasteiger partial charge in [0.15, 0.2) is 17.3 Å². The van der Waals surface area contributed by atoms with Crippen LogP contribution in [0.25, 0.3) is 0 Å². The fourth-order valence-corrected chi connectivity index (χ4v) is 4.69. The molecule has 0 heterocycles. The molecule has 0 fully saturated rings. The molecule has 5 aromatic rings. The van der Waals surface area contributed by atoms with Gasteiger partial charge in [-0.05, 0) is 67.4 Å². The van der Waals surface area contributed by atoms with Crippen LogP contribution in [0.4, 0.5) is 0 Å². The SMILES string of the molecule is Cc1ccc(C(=O)Oc2ccc(C(=O)CN(Cc3ccccc3)Cc3ccccc3)cc2OC(=O)c2ccc(C)cc2)cc1. The highest BCUT2D eigenvalue weighted by molar-refractivity contribution is 5.99. The van der Waals surface area contributed by atoms with Crippen LogP contribution in [-0.4, -0.2) is 29.2 Å². The van der Waals surface area contributed by atoms with Crippen LogP contribution in [-0.2, 0) is 13.1 Å². The van der Waals surface area contributed by atoms with Crippen molar-refractivity contribution < 1.29 is 23.9 Å². The average molecular weight is 584 g/mol. The number of ether oxygens (including phenoxy) is 2. The van der Waals surface area contributed by atoms with Crippen LogP contribution in [0.15, 0.2) is 127 Å². The topological polar surface area (TPSA) is 72.9 Å². The average Bonchev–Trinajstić information content (AvgIpc) is 3.03. The van der Waals surface area contributed by atoms with Gasteiger partial charge in [0.05, 0.1) is 17.7 Å². The molecule has 0 atom stereocenters. The van der Waals surface area contributed by atoms with Gasteiger partial charge in [-0.15, -0.1) is 0 Å². The molecule has 0 aliphatic heterocycles. The van der Waals surface area contributed by atoms with Crippen molar-refractivity contribution in [1.29, 1.82) is 0 Å². The Labute approximate surface area is 257 Å². The quantitative estimate of drug-likeness (QED) is 0.0905. The van der Waals surface area contributed by atoms with E-state index in [4.69, 9.17) is 9.47 Å². The second kappa shape index (κ2) is 14.2. The van der Waals surface area contributed by atoms with Crippen molar-refractivity contribution in [3.63, 3.8) is 0 Å². The number of hydrogen-bond acceptors (Lipinski definition) is 6. The summed E-state index contributed by atoms with van der Waals surface area (Å²) in [4.78, 5) is 41.8. The minimum absolute atomic E-state index is 0.0143. The molecule has 0 radical (unpaired) electrons. The van der Waals surface area contributed by atoms with Gasteiger partial charge in [0.25, 0.3) is 0 Å². The van der Waals surface area contributed by atoms with Gasteiger partial charge in [-0.2, -0.15) is 0 Å². The fourth-order valence-electron chi connectivity index (χ4n) is 4.69. The number of aryl methyl sites for hydroxylation is 2. The van der Waals surface area contributed by atoms with Crippen molar-refractivity contribution in [2.45, 2.75) is 26.9 Å². The van der Waals surface area contributed by atoms with Gasteiger partial charge in [0, 0.05) is 18.7 Å². The molecule has 5 aromatic carbocycles. The summed E-state index contributed by atoms with van der Waals surface area (Å²) in [6.45, 7) is 5.11. The molecule has 0 aliphatic rings. The maximum Gasteiger partial charge on any atom is 0.343 e. The minimum Gasteiger partial charge on any atom is -0.419 e. The predicted octanol–water partition coefficient (Wildman–Crippen LogP) is 7.63. The highest BCUT2D eigenvalue weighted by Gasteiger charge is 2.21. The van der Waals surface area contributed by atoms with Crippen LogP contribution < -0.4 is 9.47 Å². The first-order valence-electron chi connectivity index (χ1n) is 14.4. The fraction of sp³-hybridized carbons (Fsp3) is 0.132. The molecule has 0 saturated heterocycles. The van der Waals surface area contributed by atoms with Crippen molar-refractivity contribution in [2.24, 2.45) is 0 Å². The number of nitrogens with zero attached hydrogens (tertiary/aromatic N) is 1. The maximum absolute atomic E-state index is 13.7. The molecular weight excluding hydrogens is 550 g/mol. The van der Waals surface area contributed by atoms with Crippen LogP contribution in [0.2, 0.25) is 0 Å². The summed E-state index contributed by atoms with van der Waals surface area (Å²) in [6.07, 6.45) is 0. The van der Waals surface area contributed by atoms with Crippen molar-refractivity contribution in [2.75, 3.05) is 6.54 Å². The Bertz CT molecular complexity index is 1690. The summed E-state index contributed by atoms with van der Waals surface area (Å²) < 4.78 is 11.4. The summed E-state index contributed by atoms with van der Waals surface area (Å²) in [5.74, 6) is -1.37. The molecule has 5 rings (SSSR count). The number of carbonyl (C=O) groups excluding carboxylic acids is 3. The lowest BCUT2D eigenvalue weighted by molar-refractivity contribution is 0.0682. The van der Waals surface area contributed by atoms with E-state index in [0.717, 1.165) is 22.3 Å². The Kier molecular flexibility index (Phi) is 9.74. The van der Waals surface area contributed by atoms with E-state index in [-0.39, 0.29) is 23.8 Å². The molecule has 0 bridgehead atoms. The molecule has 220 valence electrons. The van der Waals surface area contributed by atoms with E-state index in [9.17, 15) is 14.4 Å². The Balaban J connectivity index is 1.41. The number of hydrogen-bond donors (Lipinski definition) is 0. The van der Waals surface area contributed by atoms with Gasteiger partial charge in [0.2, 0.25) is 0 Å². The normalized spacial score (nSPS) is 10.8. The number of carbonyl (C=O) groups is 3. The molecule has 0 saturated carbocycles. The standard InChI is InChI=1S/C38H33NO5/c1-27-13-17-31(18-14-27)37(41)43-35-22-21-33(23-36(35)44-38(42)32-19-15-28(2)16-20-32)34(40)26-39(24-29-9-5-3-6-10-29)25-30-11-7-4-8-12-30/h3-23H,24-26H2,1-2H3. The van der Waals surface area contributed by atoms with E-state index in [2.05, 4.69) is 4.90 Å². The summed E-state index contributed by atoms with van der Waals surface area (Å²) in [5, 5.41) is 0. The summed E-state index contributed by atoms with van der Waals surface area (Å²) in [6, 6.07) is 38.4. The number of esters is 2. The molecular formula is C38H33NO5. The van der Waals surface area contributed by atoms with Crippen LogP contribution >= 0.6 is 0 Å². The highest BCUT2D eigenvalue weighted by atomic mass is 16.6. The van der Waals surface area contributed by atoms with Gasteiger partial charge in [-0.1, -0.05) is 96.1 Å². The van der Waals surface area contributed by atoms with Crippen LogP contribution in [0.5, 0.6) is 11.5 Å². The Morgan fingerprint density at radius 2 is 0.955 bits per heavy atom. The van der Waals surface area contributed by atoms with E-state index in [1.165, 1.54) is 12.1 Å². The van der Waals surface area contributed by atoms with E-state index in [1.54, 1.807) is 30.3 Å². The third kappa shape index (κ3) is 8.15. The Morgan fingerprint density at radius 3 is 1.43 bits per heavy atom. The lowest BCUT2D eigenvalue weighted by Gasteiger charge is -2.22. The second-order valence-corrected chi connectivity index (χ2v) is 10.7. The van der Waals surface area contributed by atoms with Crippen molar-refractivity contribution in [1.82, 2.24) is 4.90 Å². The van der Waals surface area contributed by atoms with Crippen molar-refractivity contribution in [3.8, 4) is 11.5 Å². The van der Waals surface area contributed by atoms with Crippen molar-refractivity contribution >= 4 is 17.7 Å². The van der Waals surface area contributed by atoms with Gasteiger partial charge in [-0.25, -0.2) is 9.59 Å². The molecule has 0 aliphatic carbocycles. The van der Waals surface area contributed by atoms with Crippen LogP contribution in [0.1, 0.15) is 53.3 Å². The monoisotopic (exact) mass is 583 g/mol. The third-order valence-electron chi connectivity index (χ3n) is 7.11. The summed E-state index contributed by atoms with van der Waals surface area (Å²) in [5.41, 5.74) is 5.19. The van der Waals surface area contributed by atoms with E-state index in [1.807, 2.05) is 98.8 Å². The molecule has 0 spiro atoms. The van der Waals surface area contributed by atoms with Gasteiger partial charge >= 0.3 is 11.9 Å². The smallest absolute Gasteiger partial charge is 0.343 e. The molecule has 0 unspecified atom stereocenters. The molecule has 6 heteroatoms. The zero-order chi connectivity index (χ0) is 30.9. The Morgan fingerprint density at radius 1 is 0.523 bits per heavy atom. The zero-order valence-electron chi connectivity index (χ0n) is 24.7. The first-order chi connectivity index (χ1) is 21.3. The molecule has 44 heavy (non-hydrogen) atoms. The first-order valence-corrected chi connectivity index (χ1v) is 14.4. The number of Topliss-reactive ketones (excluding diaryl/α,β-unsaturated/α-hetero) is 1. The second-order valence-electron chi connectivity index (χ2n) is 10.7. The molecule has 0 aromatic heterocycles. The van der Waals surface area contributed by atoms with Gasteiger partial charge in [-0.3, -0.25) is 9.69 Å². The van der Waals surface area contributed by atoms with Gasteiger partial charge < -0.3 is 9.47 Å². The largest absolute Gasteiger partial charge is 0.419 e. The molecule has 0 amide bonds. The third-order valence-corrected chi connectivity index (χ3v) is 7.11. The van der Waals surface area contributed by atoms with Crippen LogP contribution in [0.3, 0.4) is 0 Å². The first kappa shape index (κ1) is 30.1. The number of benzene rings is 5. The lowest BCUT2D eigenvalue weighted by Crippen LogP contribution is -2.29. The Hall–Kier alpha value is -5.33. The van der Waals surface area contributed by atoms with Gasteiger partial charge in [0.1, 0.15) is 0 Å². The van der Waals surface area contributed by atoms with E-state index in [0.29, 0.717) is 29.8 Å². The van der Waals surface area contributed by atoms with Crippen molar-refractivity contribution in [3.05, 3.63) is 166 Å². The maximum atomic E-state index is 13.7. The van der Waals surface area contributed by atoms with E-state index < -0.39 is 11.9 Å². The minimum atomic E-state index is -0.628. The summed E-state index contributed by atoms with van der Waals surface area (Å²) in [7, 11) is 0. The molecule has 0 N–H and O–H groups in total. The predicted molar refractivity (Wildman–Crippen MR) is 170 cm³/mol. The lowest BCUT2D eigenvalue weighted by atomic mass is 10.1. The summed E-state index contributed by atoms with van der Waals surface area (Å²) >= 11 is 0. The highest BCUT2D eigenvalue weighted by Crippen LogP contribution is 2.31. The number of rotatable bonds is 11. The van der Waals surface area contributed by atoms with E-state index >= 15 is 0 Å².